The molecule has 4 rings (SSSR count). The van der Waals surface area contributed by atoms with Gasteiger partial charge in [0, 0.05) is 36.8 Å². The normalized spacial score (nSPS) is 39.8. The first-order valence-electron chi connectivity index (χ1n) is 12.9. The van der Waals surface area contributed by atoms with Crippen LogP contribution in [0.25, 0.3) is 0 Å². The number of Topliss-reactive ketones (excluding diaryl/α,β-unsaturated/α-hetero) is 2. The molecule has 4 aliphatic carbocycles. The Labute approximate surface area is 198 Å². The average molecular weight is 459 g/mol. The molecule has 2 amide bonds. The summed E-state index contributed by atoms with van der Waals surface area (Å²) in [5, 5.41) is 6.21. The lowest BCUT2D eigenvalue weighted by atomic mass is 9.64. The van der Waals surface area contributed by atoms with E-state index >= 15 is 0 Å². The van der Waals surface area contributed by atoms with Crippen molar-refractivity contribution in [2.75, 3.05) is 13.1 Å². The van der Waals surface area contributed by atoms with E-state index in [1.54, 1.807) is 0 Å². The largest absolute Gasteiger partial charge is 0.356 e. The number of unbranched alkanes of at least 4 members (excludes halogenated alkanes) is 2. The number of ketones is 2. The molecule has 6 heteroatoms. The van der Waals surface area contributed by atoms with Crippen LogP contribution in [0.1, 0.15) is 99.3 Å². The maximum atomic E-state index is 13.1. The maximum absolute atomic E-state index is 13.1. The first kappa shape index (κ1) is 24.4. The smallest absolute Gasteiger partial charge is 0.227 e. The standard InChI is InChI=1S/C27H42N2O4/c1-22(2)24(5)10-12-26(22,16-18(24)30)20(32)28-14-8-7-9-15-29-21(33)27-13-11-25(6,19(31)17-27)23(27,3)4/h7-17H2,1-6H3,(H,28,32)(H,29,33)/t24-,25-,26-,27-/m1/s1. The molecule has 2 N–H and O–H groups in total. The Kier molecular flexibility index (Phi) is 5.46. The van der Waals surface area contributed by atoms with Gasteiger partial charge in [0.15, 0.2) is 0 Å². The lowest BCUT2D eigenvalue weighted by Crippen LogP contribution is -2.47. The molecule has 0 spiro atoms. The Balaban J connectivity index is 1.20. The van der Waals surface area contributed by atoms with Gasteiger partial charge in [-0.05, 0) is 55.8 Å². The molecule has 4 saturated carbocycles. The van der Waals surface area contributed by atoms with Gasteiger partial charge in [0.25, 0.3) is 0 Å². The monoisotopic (exact) mass is 458 g/mol. The van der Waals surface area contributed by atoms with E-state index in [2.05, 4.69) is 38.3 Å². The third-order valence-electron chi connectivity index (χ3n) is 11.7. The van der Waals surface area contributed by atoms with E-state index in [0.717, 1.165) is 44.9 Å². The Bertz CT molecular complexity index is 836. The second-order valence-electron chi connectivity index (χ2n) is 12.9. The summed E-state index contributed by atoms with van der Waals surface area (Å²) in [6.45, 7) is 13.6. The molecule has 4 atom stereocenters. The second kappa shape index (κ2) is 7.39. The summed E-state index contributed by atoms with van der Waals surface area (Å²) in [6.07, 6.45) is 6.51. The molecule has 0 saturated heterocycles. The summed E-state index contributed by atoms with van der Waals surface area (Å²) in [4.78, 5) is 51.3. The fourth-order valence-electron chi connectivity index (χ4n) is 7.89. The van der Waals surface area contributed by atoms with Gasteiger partial charge in [0.2, 0.25) is 11.8 Å². The number of amides is 2. The quantitative estimate of drug-likeness (QED) is 0.539. The van der Waals surface area contributed by atoms with E-state index in [1.807, 2.05) is 13.8 Å². The summed E-state index contributed by atoms with van der Waals surface area (Å²) in [5.41, 5.74) is -2.50. The molecule has 0 unspecified atom stereocenters. The third kappa shape index (κ3) is 2.84. The zero-order valence-corrected chi connectivity index (χ0v) is 21.4. The van der Waals surface area contributed by atoms with Crippen molar-refractivity contribution in [1.29, 1.82) is 0 Å². The van der Waals surface area contributed by atoms with Gasteiger partial charge in [0.1, 0.15) is 11.6 Å². The number of nitrogens with one attached hydrogen (secondary N) is 2. The molecular weight excluding hydrogens is 416 g/mol. The number of hydrogen-bond acceptors (Lipinski definition) is 4. The molecule has 4 aliphatic rings. The Hall–Kier alpha value is -1.72. The average Bonchev–Trinajstić information content (AvgIpc) is 3.20. The van der Waals surface area contributed by atoms with E-state index in [1.165, 1.54) is 0 Å². The molecule has 0 aromatic carbocycles. The molecule has 33 heavy (non-hydrogen) atoms. The van der Waals surface area contributed by atoms with E-state index in [4.69, 9.17) is 0 Å². The van der Waals surface area contributed by atoms with Crippen molar-refractivity contribution in [3.63, 3.8) is 0 Å². The highest BCUT2D eigenvalue weighted by Crippen LogP contribution is 2.71. The van der Waals surface area contributed by atoms with Crippen molar-refractivity contribution in [2.45, 2.75) is 99.3 Å². The minimum absolute atomic E-state index is 0.0342. The summed E-state index contributed by atoms with van der Waals surface area (Å²) in [5.74, 6) is 0.538. The number of fused-ring (bicyclic) bond motifs is 4. The molecule has 4 fully saturated rings. The highest BCUT2D eigenvalue weighted by atomic mass is 16.2. The molecular formula is C27H42N2O4. The van der Waals surface area contributed by atoms with Crippen LogP contribution in [0.5, 0.6) is 0 Å². The predicted octanol–water partition coefficient (Wildman–Crippen LogP) is 3.96. The van der Waals surface area contributed by atoms with Crippen molar-refractivity contribution < 1.29 is 19.2 Å². The molecule has 0 aliphatic heterocycles. The first-order valence-corrected chi connectivity index (χ1v) is 12.9. The third-order valence-corrected chi connectivity index (χ3v) is 11.7. The summed E-state index contributed by atoms with van der Waals surface area (Å²) >= 11 is 0. The van der Waals surface area contributed by atoms with Crippen LogP contribution in [-0.2, 0) is 19.2 Å². The zero-order chi connectivity index (χ0) is 24.5. The molecule has 0 aromatic rings. The van der Waals surface area contributed by atoms with Gasteiger partial charge in [-0.25, -0.2) is 0 Å². The van der Waals surface area contributed by atoms with Crippen LogP contribution in [0, 0.1) is 32.5 Å². The Morgan fingerprint density at radius 3 is 1.27 bits per heavy atom. The van der Waals surface area contributed by atoms with E-state index < -0.39 is 10.8 Å². The lowest BCUT2D eigenvalue weighted by molar-refractivity contribution is -0.136. The summed E-state index contributed by atoms with van der Waals surface area (Å²) in [6, 6.07) is 0. The van der Waals surface area contributed by atoms with Crippen LogP contribution < -0.4 is 10.6 Å². The number of carbonyl (C=O) groups is 4. The van der Waals surface area contributed by atoms with Gasteiger partial charge in [-0.3, -0.25) is 19.2 Å². The molecule has 0 heterocycles. The maximum Gasteiger partial charge on any atom is 0.227 e. The molecule has 0 aromatic heterocycles. The fourth-order valence-corrected chi connectivity index (χ4v) is 7.89. The summed E-state index contributed by atoms with van der Waals surface area (Å²) < 4.78 is 0. The van der Waals surface area contributed by atoms with Gasteiger partial charge in [-0.2, -0.15) is 0 Å². The summed E-state index contributed by atoms with van der Waals surface area (Å²) in [7, 11) is 0. The number of rotatable bonds is 8. The second-order valence-corrected chi connectivity index (χ2v) is 12.9. The van der Waals surface area contributed by atoms with E-state index in [0.29, 0.717) is 25.9 Å². The predicted molar refractivity (Wildman–Crippen MR) is 126 cm³/mol. The number of carbonyl (C=O) groups excluding carboxylic acids is 4. The van der Waals surface area contributed by atoms with E-state index in [9.17, 15) is 19.2 Å². The van der Waals surface area contributed by atoms with Crippen molar-refractivity contribution in [1.82, 2.24) is 10.6 Å². The SMILES string of the molecule is CC1(C)[C@]2(C(=O)NCCCCCNC(=O)[C@@]34CC[C@](C)(C(=O)C3)C4(C)C)CC[C@]1(C)C(=O)C2. The minimum atomic E-state index is -0.562. The molecule has 6 nitrogen and oxygen atoms in total. The van der Waals surface area contributed by atoms with Gasteiger partial charge in [-0.1, -0.05) is 41.5 Å². The van der Waals surface area contributed by atoms with Crippen molar-refractivity contribution in [2.24, 2.45) is 32.5 Å². The first-order chi connectivity index (χ1) is 15.2. The van der Waals surface area contributed by atoms with Crippen molar-refractivity contribution in [3.05, 3.63) is 0 Å². The van der Waals surface area contributed by atoms with Gasteiger partial charge < -0.3 is 10.6 Å². The number of hydrogen-bond donors (Lipinski definition) is 2. The van der Waals surface area contributed by atoms with Crippen LogP contribution >= 0.6 is 0 Å². The lowest BCUT2D eigenvalue weighted by Gasteiger charge is -2.38. The van der Waals surface area contributed by atoms with Gasteiger partial charge >= 0.3 is 0 Å². The van der Waals surface area contributed by atoms with Crippen LogP contribution in [0.15, 0.2) is 0 Å². The van der Waals surface area contributed by atoms with Crippen LogP contribution in [0.4, 0.5) is 0 Å². The van der Waals surface area contributed by atoms with Crippen LogP contribution in [-0.4, -0.2) is 36.5 Å². The molecule has 4 bridgehead atoms. The minimum Gasteiger partial charge on any atom is -0.356 e. The fraction of sp³-hybridized carbons (Fsp3) is 0.852. The highest BCUT2D eigenvalue weighted by Gasteiger charge is 2.73. The van der Waals surface area contributed by atoms with Crippen LogP contribution in [0.3, 0.4) is 0 Å². The highest BCUT2D eigenvalue weighted by molar-refractivity contribution is 6.00. The van der Waals surface area contributed by atoms with Crippen molar-refractivity contribution in [3.8, 4) is 0 Å². The van der Waals surface area contributed by atoms with Gasteiger partial charge in [0.05, 0.1) is 10.8 Å². The van der Waals surface area contributed by atoms with Crippen molar-refractivity contribution >= 4 is 23.4 Å². The van der Waals surface area contributed by atoms with Crippen LogP contribution in [0.2, 0.25) is 0 Å². The Morgan fingerprint density at radius 1 is 0.636 bits per heavy atom. The molecule has 184 valence electrons. The molecule has 0 radical (unpaired) electrons. The van der Waals surface area contributed by atoms with Gasteiger partial charge in [-0.15, -0.1) is 0 Å². The topological polar surface area (TPSA) is 92.3 Å². The zero-order valence-electron chi connectivity index (χ0n) is 21.4. The van der Waals surface area contributed by atoms with E-state index in [-0.39, 0.29) is 45.0 Å². The Morgan fingerprint density at radius 2 is 1.00 bits per heavy atom.